The molecule has 2 unspecified atom stereocenters. The summed E-state index contributed by atoms with van der Waals surface area (Å²) in [4.78, 5) is 18.7. The van der Waals surface area contributed by atoms with Gasteiger partial charge in [-0.3, -0.25) is 4.79 Å². The van der Waals surface area contributed by atoms with Crippen molar-refractivity contribution in [3.05, 3.63) is 27.7 Å². The van der Waals surface area contributed by atoms with Gasteiger partial charge in [-0.1, -0.05) is 41.5 Å². The van der Waals surface area contributed by atoms with Gasteiger partial charge in [-0.05, 0) is 43.0 Å². The van der Waals surface area contributed by atoms with E-state index in [2.05, 4.69) is 20.9 Å². The van der Waals surface area contributed by atoms with Gasteiger partial charge < -0.3 is 4.90 Å². The lowest BCUT2D eigenvalue weighted by molar-refractivity contribution is -0.118. The Labute approximate surface area is 167 Å². The normalized spacial score (nSPS) is 25.9. The van der Waals surface area contributed by atoms with Crippen LogP contribution in [-0.2, 0) is 14.6 Å². The van der Waals surface area contributed by atoms with Gasteiger partial charge in [0.15, 0.2) is 15.0 Å². The summed E-state index contributed by atoms with van der Waals surface area (Å²) >= 11 is 4.94. The third-order valence-electron chi connectivity index (χ3n) is 4.57. The minimum absolute atomic E-state index is 0.0759. The fourth-order valence-electron chi connectivity index (χ4n) is 3.61. The van der Waals surface area contributed by atoms with Crippen molar-refractivity contribution < 1.29 is 13.2 Å². The Kier molecular flexibility index (Phi) is 5.57. The Bertz CT molecular complexity index is 857. The maximum Gasteiger partial charge on any atom is 0.248 e. The second kappa shape index (κ2) is 7.28. The number of carbonyl (C=O) groups excluding carboxylic acids is 1. The molecule has 0 aromatic heterocycles. The van der Waals surface area contributed by atoms with Gasteiger partial charge in [0.2, 0.25) is 5.91 Å². The lowest BCUT2D eigenvalue weighted by Gasteiger charge is -2.28. The number of anilines is 1. The smallest absolute Gasteiger partial charge is 0.248 e. The molecule has 2 aliphatic rings. The Morgan fingerprint density at radius 3 is 2.50 bits per heavy atom. The minimum atomic E-state index is -3.06. The van der Waals surface area contributed by atoms with Crippen molar-refractivity contribution in [2.24, 2.45) is 10.9 Å². The van der Waals surface area contributed by atoms with Crippen molar-refractivity contribution in [1.29, 1.82) is 0 Å². The van der Waals surface area contributed by atoms with Crippen LogP contribution in [0.25, 0.3) is 0 Å². The average molecular weight is 459 g/mol. The highest BCUT2D eigenvalue weighted by Crippen LogP contribution is 2.43. The number of aryl methyl sites for hydroxylation is 2. The van der Waals surface area contributed by atoms with E-state index in [1.54, 1.807) is 0 Å². The van der Waals surface area contributed by atoms with E-state index in [4.69, 9.17) is 0 Å². The van der Waals surface area contributed by atoms with E-state index in [1.165, 1.54) is 11.8 Å². The molecule has 5 nitrogen and oxygen atoms in total. The number of rotatable bonds is 3. The van der Waals surface area contributed by atoms with Crippen molar-refractivity contribution in [3.63, 3.8) is 0 Å². The fraction of sp³-hybridized carbons (Fsp3) is 0.556. The first-order valence-electron chi connectivity index (χ1n) is 8.62. The van der Waals surface area contributed by atoms with Crippen LogP contribution in [0.5, 0.6) is 0 Å². The number of halogens is 1. The largest absolute Gasteiger partial charge is 0.315 e. The summed E-state index contributed by atoms with van der Waals surface area (Å²) < 4.78 is 25.3. The molecule has 3 rings (SSSR count). The quantitative estimate of drug-likeness (QED) is 0.690. The van der Waals surface area contributed by atoms with E-state index in [1.807, 2.05) is 44.7 Å². The van der Waals surface area contributed by atoms with E-state index in [9.17, 15) is 13.2 Å². The summed E-state index contributed by atoms with van der Waals surface area (Å²) in [5, 5.41) is 0.558. The van der Waals surface area contributed by atoms with Crippen LogP contribution in [-0.4, -0.2) is 42.3 Å². The third-order valence-corrected chi connectivity index (χ3v) is 8.23. The number of fused-ring (bicyclic) bond motifs is 1. The zero-order valence-corrected chi connectivity index (χ0v) is 18.5. The molecule has 8 heteroatoms. The minimum Gasteiger partial charge on any atom is -0.315 e. The van der Waals surface area contributed by atoms with Gasteiger partial charge in [-0.15, -0.1) is 0 Å². The molecule has 2 saturated heterocycles. The van der Waals surface area contributed by atoms with Gasteiger partial charge >= 0.3 is 0 Å². The van der Waals surface area contributed by atoms with Gasteiger partial charge in [0.05, 0.1) is 17.5 Å². The molecular formula is C18H23BrN2O3S2. The van der Waals surface area contributed by atoms with Crippen molar-refractivity contribution >= 4 is 54.3 Å². The fourth-order valence-corrected chi connectivity index (χ4v) is 8.21. The Morgan fingerprint density at radius 1 is 1.31 bits per heavy atom. The molecule has 0 N–H and O–H groups in total. The highest BCUT2D eigenvalue weighted by Gasteiger charge is 2.50. The summed E-state index contributed by atoms with van der Waals surface area (Å²) in [5.41, 5.74) is 3.03. The molecule has 2 atom stereocenters. The predicted molar refractivity (Wildman–Crippen MR) is 112 cm³/mol. The number of hydrogen-bond acceptors (Lipinski definition) is 4. The number of amides is 1. The SMILES string of the molecule is Cc1cc(Br)cc(C)c1N1C(=NC(=O)CC(C)C)SC2CS(=O)(=O)CC21. The van der Waals surface area contributed by atoms with Crippen LogP contribution < -0.4 is 4.90 Å². The topological polar surface area (TPSA) is 66.8 Å². The molecule has 0 spiro atoms. The van der Waals surface area contributed by atoms with Crippen molar-refractivity contribution in [2.45, 2.75) is 45.4 Å². The lowest BCUT2D eigenvalue weighted by Crippen LogP contribution is -2.38. The van der Waals surface area contributed by atoms with E-state index < -0.39 is 9.84 Å². The predicted octanol–water partition coefficient (Wildman–Crippen LogP) is 3.71. The lowest BCUT2D eigenvalue weighted by atomic mass is 10.1. The van der Waals surface area contributed by atoms with Crippen molar-refractivity contribution in [3.8, 4) is 0 Å². The molecule has 2 fully saturated rings. The number of benzene rings is 1. The molecule has 0 bridgehead atoms. The molecule has 2 aliphatic heterocycles. The van der Waals surface area contributed by atoms with Gasteiger partial charge in [-0.25, -0.2) is 8.42 Å². The summed E-state index contributed by atoms with van der Waals surface area (Å²) in [6.07, 6.45) is 0.393. The monoisotopic (exact) mass is 458 g/mol. The first kappa shape index (κ1) is 19.9. The Balaban J connectivity index is 2.07. The van der Waals surface area contributed by atoms with Crippen molar-refractivity contribution in [1.82, 2.24) is 0 Å². The van der Waals surface area contributed by atoms with E-state index in [-0.39, 0.29) is 34.6 Å². The van der Waals surface area contributed by atoms with Crippen LogP contribution >= 0.6 is 27.7 Å². The van der Waals surface area contributed by atoms with Gasteiger partial charge in [-0.2, -0.15) is 4.99 Å². The molecule has 0 radical (unpaired) electrons. The molecule has 1 amide bonds. The average Bonchev–Trinajstić information content (AvgIpc) is 2.89. The first-order chi connectivity index (χ1) is 12.1. The van der Waals surface area contributed by atoms with E-state index in [0.717, 1.165) is 21.3 Å². The van der Waals surface area contributed by atoms with Crippen LogP contribution in [0.1, 0.15) is 31.4 Å². The van der Waals surface area contributed by atoms with Gasteiger partial charge in [0.1, 0.15) is 0 Å². The van der Waals surface area contributed by atoms with Crippen LogP contribution in [0, 0.1) is 19.8 Å². The number of sulfone groups is 1. The second-order valence-corrected chi connectivity index (χ2v) is 11.7. The maximum atomic E-state index is 12.3. The molecule has 26 heavy (non-hydrogen) atoms. The molecular weight excluding hydrogens is 436 g/mol. The second-order valence-electron chi connectivity index (χ2n) is 7.44. The van der Waals surface area contributed by atoms with Crippen LogP contribution in [0.4, 0.5) is 5.69 Å². The third kappa shape index (κ3) is 4.02. The maximum absolute atomic E-state index is 12.3. The highest BCUT2D eigenvalue weighted by molar-refractivity contribution is 9.10. The number of thioether (sulfide) groups is 1. The number of nitrogens with zero attached hydrogens (tertiary/aromatic N) is 2. The summed E-state index contributed by atoms with van der Waals surface area (Å²) in [5.74, 6) is 0.340. The molecule has 1 aromatic carbocycles. The summed E-state index contributed by atoms with van der Waals surface area (Å²) in [6.45, 7) is 7.98. The Hall–Kier alpha value is -0.860. The first-order valence-corrected chi connectivity index (χ1v) is 12.1. The number of carbonyl (C=O) groups is 1. The van der Waals surface area contributed by atoms with Crippen LogP contribution in [0.3, 0.4) is 0 Å². The van der Waals surface area contributed by atoms with Gasteiger partial charge in [0.25, 0.3) is 0 Å². The standard InChI is InChI=1S/C18H23BrN2O3S2/c1-10(2)5-16(22)20-18-21(14-8-26(23,24)9-15(14)25-18)17-11(3)6-13(19)7-12(17)4/h6-7,10,14-15H,5,8-9H2,1-4H3. The number of aliphatic imine (C=N–C) groups is 1. The number of hydrogen-bond donors (Lipinski definition) is 0. The molecule has 142 valence electrons. The summed E-state index contributed by atoms with van der Waals surface area (Å²) in [6, 6.07) is 3.85. The van der Waals surface area contributed by atoms with E-state index >= 15 is 0 Å². The van der Waals surface area contributed by atoms with Crippen LogP contribution in [0.2, 0.25) is 0 Å². The van der Waals surface area contributed by atoms with Gasteiger partial charge in [0, 0.05) is 21.8 Å². The van der Waals surface area contributed by atoms with Crippen molar-refractivity contribution in [2.75, 3.05) is 16.4 Å². The molecule has 1 aromatic rings. The van der Waals surface area contributed by atoms with Crippen LogP contribution in [0.15, 0.2) is 21.6 Å². The van der Waals surface area contributed by atoms with E-state index in [0.29, 0.717) is 11.6 Å². The molecule has 0 saturated carbocycles. The Morgan fingerprint density at radius 2 is 1.92 bits per heavy atom. The zero-order valence-electron chi connectivity index (χ0n) is 15.3. The highest BCUT2D eigenvalue weighted by atomic mass is 79.9. The molecule has 2 heterocycles. The zero-order chi connectivity index (χ0) is 19.2. The molecule has 0 aliphatic carbocycles. The number of amidine groups is 1. The summed E-state index contributed by atoms with van der Waals surface area (Å²) in [7, 11) is -3.06.